The van der Waals surface area contributed by atoms with Crippen LogP contribution in [0.5, 0.6) is 5.75 Å². The van der Waals surface area contributed by atoms with Crippen LogP contribution in [0, 0.1) is 17.8 Å². The summed E-state index contributed by atoms with van der Waals surface area (Å²) in [5.41, 5.74) is 5.78. The molecule has 0 radical (unpaired) electrons. The van der Waals surface area contributed by atoms with Crippen molar-refractivity contribution in [3.05, 3.63) is 79.0 Å². The third-order valence-electron chi connectivity index (χ3n) is 8.18. The monoisotopic (exact) mass is 682 g/mol. The number of aryl methyl sites for hydroxylation is 1. The van der Waals surface area contributed by atoms with Crippen LogP contribution >= 0.6 is 31.9 Å². The number of hydrogen-bond donors (Lipinski definition) is 1. The van der Waals surface area contributed by atoms with E-state index in [1.54, 1.807) is 0 Å². The summed E-state index contributed by atoms with van der Waals surface area (Å²) in [7, 11) is 2.01. The zero-order valence-electron chi connectivity index (χ0n) is 24.4. The molecule has 1 N–H and O–H groups in total. The molecule has 0 saturated heterocycles. The number of hydrogen-bond acceptors (Lipinski definition) is 5. The Morgan fingerprint density at radius 3 is 1.98 bits per heavy atom. The van der Waals surface area contributed by atoms with Gasteiger partial charge in [0.1, 0.15) is 5.75 Å². The quantitative estimate of drug-likeness (QED) is 0.347. The van der Waals surface area contributed by atoms with Crippen molar-refractivity contribution in [2.75, 3.05) is 19.0 Å². The Morgan fingerprint density at radius 1 is 0.927 bits per heavy atom. The highest BCUT2D eigenvalue weighted by Gasteiger charge is 2.48. The van der Waals surface area contributed by atoms with Gasteiger partial charge in [0.05, 0.1) is 8.95 Å². The van der Waals surface area contributed by atoms with Crippen molar-refractivity contribution in [2.45, 2.75) is 66.2 Å². The van der Waals surface area contributed by atoms with Gasteiger partial charge in [-0.15, -0.1) is 0 Å². The van der Waals surface area contributed by atoms with Gasteiger partial charge in [0.15, 0.2) is 18.2 Å². The summed E-state index contributed by atoms with van der Waals surface area (Å²) in [4.78, 5) is 42.2. The van der Waals surface area contributed by atoms with E-state index in [0.717, 1.165) is 46.5 Å². The van der Waals surface area contributed by atoms with Crippen LogP contribution in [-0.2, 0) is 14.4 Å². The summed E-state index contributed by atoms with van der Waals surface area (Å²) in [6.45, 7) is 10.3. The van der Waals surface area contributed by atoms with Crippen molar-refractivity contribution in [1.82, 2.24) is 4.90 Å². The molecule has 8 heteroatoms. The lowest BCUT2D eigenvalue weighted by Gasteiger charge is -2.48. The van der Waals surface area contributed by atoms with Crippen LogP contribution in [0.4, 0.5) is 5.69 Å². The maximum atomic E-state index is 13.8. The van der Waals surface area contributed by atoms with Crippen LogP contribution in [0.1, 0.15) is 70.4 Å². The highest BCUT2D eigenvalue weighted by Crippen LogP contribution is 2.54. The minimum atomic E-state index is -0.449. The zero-order chi connectivity index (χ0) is 29.9. The zero-order valence-corrected chi connectivity index (χ0v) is 27.6. The average Bonchev–Trinajstić information content (AvgIpc) is 2.83. The molecule has 216 valence electrons. The molecular weight excluding hydrogens is 648 g/mol. The Hall–Kier alpha value is -2.71. The first-order valence-corrected chi connectivity index (χ1v) is 15.5. The number of rotatable bonds is 5. The van der Waals surface area contributed by atoms with Gasteiger partial charge in [-0.2, -0.15) is 0 Å². The summed E-state index contributed by atoms with van der Waals surface area (Å²) < 4.78 is 7.21. The number of benzene rings is 2. The summed E-state index contributed by atoms with van der Waals surface area (Å²) in [6.07, 6.45) is 2.42. The molecule has 0 bridgehead atoms. The van der Waals surface area contributed by atoms with Crippen LogP contribution in [0.3, 0.4) is 0 Å². The second-order valence-corrected chi connectivity index (χ2v) is 14.8. The molecule has 0 saturated carbocycles. The van der Waals surface area contributed by atoms with Crippen LogP contribution in [0.25, 0.3) is 0 Å². The number of allylic oxidation sites excluding steroid dienone is 4. The molecule has 5 rings (SSSR count). The van der Waals surface area contributed by atoms with Gasteiger partial charge in [0.25, 0.3) is 5.91 Å². The molecule has 2 aliphatic carbocycles. The lowest BCUT2D eigenvalue weighted by atomic mass is 9.64. The van der Waals surface area contributed by atoms with Gasteiger partial charge in [-0.3, -0.25) is 14.4 Å². The molecule has 0 unspecified atom stereocenters. The predicted octanol–water partition coefficient (Wildman–Crippen LogP) is 7.85. The van der Waals surface area contributed by atoms with E-state index >= 15 is 0 Å². The fourth-order valence-electron chi connectivity index (χ4n) is 6.44. The number of Topliss-reactive ketones (excluding diaryl/α,β-unsaturated/α-hetero) is 2. The molecule has 2 aromatic carbocycles. The van der Waals surface area contributed by atoms with Crippen LogP contribution in [0.2, 0.25) is 0 Å². The molecule has 3 aliphatic rings. The number of carbonyl (C=O) groups is 3. The fourth-order valence-corrected chi connectivity index (χ4v) is 7.89. The molecule has 0 atom stereocenters. The highest BCUT2D eigenvalue weighted by molar-refractivity contribution is 9.11. The summed E-state index contributed by atoms with van der Waals surface area (Å²) >= 11 is 7.29. The van der Waals surface area contributed by atoms with Crippen LogP contribution in [-0.4, -0.2) is 36.0 Å². The Bertz CT molecular complexity index is 1460. The number of ketones is 2. The SMILES string of the molecule is Cc1cccc(NC(=O)COc2c(Br)cc(C3C4=C(CC(C)(C)CC4=O)N(C)C4=C3C(=O)CC(C)(C)C4)cc2Br)c1. The van der Waals surface area contributed by atoms with Crippen molar-refractivity contribution >= 4 is 55.0 Å². The molecule has 0 spiro atoms. The maximum absolute atomic E-state index is 13.8. The fraction of sp³-hybridized carbons (Fsp3) is 0.424. The van der Waals surface area contributed by atoms with Crippen molar-refractivity contribution < 1.29 is 19.1 Å². The van der Waals surface area contributed by atoms with E-state index in [9.17, 15) is 14.4 Å². The molecule has 0 aromatic heterocycles. The van der Waals surface area contributed by atoms with Gasteiger partial charge in [0, 0.05) is 54.0 Å². The lowest BCUT2D eigenvalue weighted by Crippen LogP contribution is -2.43. The normalized spacial score (nSPS) is 20.1. The Labute approximate surface area is 258 Å². The van der Waals surface area contributed by atoms with Gasteiger partial charge >= 0.3 is 0 Å². The Balaban J connectivity index is 1.50. The molecular formula is C33H36Br2N2O4. The van der Waals surface area contributed by atoms with E-state index in [4.69, 9.17) is 4.74 Å². The average molecular weight is 684 g/mol. The molecule has 2 aromatic rings. The number of nitrogens with one attached hydrogen (secondary N) is 1. The minimum absolute atomic E-state index is 0.0951. The van der Waals surface area contributed by atoms with Gasteiger partial charge in [-0.05, 0) is 97.8 Å². The second kappa shape index (κ2) is 10.8. The van der Waals surface area contributed by atoms with Crippen LogP contribution in [0.15, 0.2) is 67.9 Å². The summed E-state index contributed by atoms with van der Waals surface area (Å²) in [5.74, 6) is -0.0501. The third kappa shape index (κ3) is 5.96. The first-order valence-electron chi connectivity index (χ1n) is 13.9. The van der Waals surface area contributed by atoms with Crippen molar-refractivity contribution in [3.63, 3.8) is 0 Å². The van der Waals surface area contributed by atoms with Crippen molar-refractivity contribution in [1.29, 1.82) is 0 Å². The highest BCUT2D eigenvalue weighted by atomic mass is 79.9. The predicted molar refractivity (Wildman–Crippen MR) is 168 cm³/mol. The largest absolute Gasteiger partial charge is 0.481 e. The van der Waals surface area contributed by atoms with Gasteiger partial charge < -0.3 is 15.0 Å². The summed E-state index contributed by atoms with van der Waals surface area (Å²) in [5, 5.41) is 2.86. The number of amides is 1. The Morgan fingerprint density at radius 2 is 1.46 bits per heavy atom. The van der Waals surface area contributed by atoms with E-state index in [1.807, 2.05) is 50.4 Å². The van der Waals surface area contributed by atoms with Crippen molar-refractivity contribution in [2.24, 2.45) is 10.8 Å². The summed E-state index contributed by atoms with van der Waals surface area (Å²) in [6, 6.07) is 11.4. The topological polar surface area (TPSA) is 75.7 Å². The standard InChI is InChI=1S/C33H36Br2N2O4/c1-18-8-7-9-20(10-18)36-27(40)17-41-31-21(34)11-19(12-22(31)35)28-29-23(13-32(2,3)15-25(29)38)37(6)24-14-33(4,5)16-26(39)30(24)28/h7-12,28H,13-17H2,1-6H3,(H,36,40). The number of halogens is 2. The molecule has 1 heterocycles. The Kier molecular flexibility index (Phi) is 7.88. The van der Waals surface area contributed by atoms with E-state index in [0.29, 0.717) is 33.2 Å². The second-order valence-electron chi connectivity index (χ2n) is 13.1. The molecule has 41 heavy (non-hydrogen) atoms. The van der Waals surface area contributed by atoms with E-state index < -0.39 is 5.92 Å². The molecule has 0 fully saturated rings. The maximum Gasteiger partial charge on any atom is 0.262 e. The van der Waals surface area contributed by atoms with Gasteiger partial charge in [0.2, 0.25) is 0 Å². The number of nitrogens with zero attached hydrogens (tertiary/aromatic N) is 1. The molecule has 1 aliphatic heterocycles. The number of ether oxygens (including phenoxy) is 1. The molecule has 6 nitrogen and oxygen atoms in total. The number of anilines is 1. The van der Waals surface area contributed by atoms with Gasteiger partial charge in [-0.25, -0.2) is 0 Å². The van der Waals surface area contributed by atoms with Crippen LogP contribution < -0.4 is 10.1 Å². The van der Waals surface area contributed by atoms with E-state index in [-0.39, 0.29) is 34.9 Å². The minimum Gasteiger partial charge on any atom is -0.481 e. The molecule has 1 amide bonds. The van der Waals surface area contributed by atoms with E-state index in [2.05, 4.69) is 69.8 Å². The van der Waals surface area contributed by atoms with Gasteiger partial charge in [-0.1, -0.05) is 39.8 Å². The van der Waals surface area contributed by atoms with E-state index in [1.165, 1.54) is 0 Å². The smallest absolute Gasteiger partial charge is 0.262 e. The third-order valence-corrected chi connectivity index (χ3v) is 9.36. The first kappa shape index (κ1) is 29.8. The first-order chi connectivity index (χ1) is 19.2. The van der Waals surface area contributed by atoms with Crippen molar-refractivity contribution in [3.8, 4) is 5.75 Å². The lowest BCUT2D eigenvalue weighted by molar-refractivity contribution is -0.120. The number of carbonyl (C=O) groups excluding carboxylic acids is 3.